The first-order valence-electron chi connectivity index (χ1n) is 5.44. The van der Waals surface area contributed by atoms with Crippen LogP contribution in [-0.4, -0.2) is 33.5 Å². The van der Waals surface area contributed by atoms with E-state index in [4.69, 9.17) is 0 Å². The van der Waals surface area contributed by atoms with E-state index in [1.807, 2.05) is 0 Å². The van der Waals surface area contributed by atoms with Crippen LogP contribution in [0.2, 0.25) is 0 Å². The first-order valence-corrected chi connectivity index (χ1v) is 5.44. The van der Waals surface area contributed by atoms with Crippen molar-refractivity contribution >= 4 is 11.5 Å². The topological polar surface area (TPSA) is 64.2 Å². The summed E-state index contributed by atoms with van der Waals surface area (Å²) >= 11 is 0. The fourth-order valence-corrected chi connectivity index (χ4v) is 2.31. The van der Waals surface area contributed by atoms with Gasteiger partial charge in [0.05, 0.1) is 11.5 Å². The molecule has 94 valence electrons. The third-order valence-corrected chi connectivity index (χ3v) is 3.07. The largest absolute Gasteiger partial charge is 0.348 e. The van der Waals surface area contributed by atoms with E-state index in [2.05, 4.69) is 5.10 Å². The van der Waals surface area contributed by atoms with Crippen molar-refractivity contribution in [2.45, 2.75) is 25.9 Å². The molecule has 6 nitrogen and oxygen atoms in total. The molecular formula is C10H15FN4O2. The van der Waals surface area contributed by atoms with Crippen LogP contribution in [0, 0.1) is 17.0 Å². The van der Waals surface area contributed by atoms with Gasteiger partial charge in [0.2, 0.25) is 5.82 Å². The summed E-state index contributed by atoms with van der Waals surface area (Å²) in [5.41, 5.74) is -0.948. The first-order chi connectivity index (χ1) is 7.82. The van der Waals surface area contributed by atoms with Crippen molar-refractivity contribution in [3.8, 4) is 0 Å². The average molecular weight is 242 g/mol. The Morgan fingerprint density at radius 1 is 1.59 bits per heavy atom. The molecule has 1 aromatic rings. The average Bonchev–Trinajstić information content (AvgIpc) is 2.66. The molecular weight excluding hydrogens is 227 g/mol. The van der Waals surface area contributed by atoms with Gasteiger partial charge in [0.1, 0.15) is 11.4 Å². The molecule has 17 heavy (non-hydrogen) atoms. The van der Waals surface area contributed by atoms with Gasteiger partial charge >= 0.3 is 5.69 Å². The maximum atomic E-state index is 13.8. The molecule has 2 rings (SSSR count). The molecule has 0 aliphatic carbocycles. The van der Waals surface area contributed by atoms with Crippen molar-refractivity contribution in [2.24, 2.45) is 7.05 Å². The summed E-state index contributed by atoms with van der Waals surface area (Å²) in [6.45, 7) is 3.76. The molecule has 0 amide bonds. The highest BCUT2D eigenvalue weighted by molar-refractivity contribution is 5.62. The minimum atomic E-state index is -1.29. The van der Waals surface area contributed by atoms with E-state index in [0.717, 1.165) is 0 Å². The molecule has 1 aliphatic rings. The third-order valence-electron chi connectivity index (χ3n) is 3.07. The van der Waals surface area contributed by atoms with Gasteiger partial charge in [-0.05, 0) is 13.8 Å². The maximum absolute atomic E-state index is 13.8. The fourth-order valence-electron chi connectivity index (χ4n) is 2.31. The van der Waals surface area contributed by atoms with Crippen molar-refractivity contribution < 1.29 is 9.31 Å². The number of nitro groups is 1. The second-order valence-corrected chi connectivity index (χ2v) is 4.72. The van der Waals surface area contributed by atoms with Gasteiger partial charge in [0.25, 0.3) is 0 Å². The van der Waals surface area contributed by atoms with Gasteiger partial charge in [0.15, 0.2) is 0 Å². The monoisotopic (exact) mass is 242 g/mol. The zero-order valence-corrected chi connectivity index (χ0v) is 10.1. The van der Waals surface area contributed by atoms with Crippen LogP contribution in [0.25, 0.3) is 0 Å². The summed E-state index contributed by atoms with van der Waals surface area (Å²) in [5, 5.41) is 15.0. The lowest BCUT2D eigenvalue weighted by molar-refractivity contribution is -0.384. The highest BCUT2D eigenvalue weighted by Crippen LogP contribution is 2.36. The van der Waals surface area contributed by atoms with Crippen LogP contribution in [0.15, 0.2) is 0 Å². The minimum absolute atomic E-state index is 0.0230. The lowest BCUT2D eigenvalue weighted by Crippen LogP contribution is -2.27. The predicted octanol–water partition coefficient (Wildman–Crippen LogP) is 1.58. The molecule has 0 N–H and O–H groups in total. The highest BCUT2D eigenvalue weighted by atomic mass is 19.1. The zero-order valence-electron chi connectivity index (χ0n) is 10.1. The number of hydrogen-bond donors (Lipinski definition) is 0. The number of aromatic nitrogens is 2. The van der Waals surface area contributed by atoms with Crippen LogP contribution in [0.3, 0.4) is 0 Å². The molecule has 0 aromatic carbocycles. The Morgan fingerprint density at radius 3 is 2.71 bits per heavy atom. The van der Waals surface area contributed by atoms with Gasteiger partial charge in [-0.1, -0.05) is 0 Å². The number of rotatable bonds is 2. The second-order valence-electron chi connectivity index (χ2n) is 4.72. The van der Waals surface area contributed by atoms with Crippen molar-refractivity contribution in [1.29, 1.82) is 0 Å². The molecule has 0 spiro atoms. The SMILES string of the molecule is Cc1nn(C)c(N2CCC(C)(F)C2)c1[N+](=O)[O-]. The van der Waals surface area contributed by atoms with Crippen LogP contribution in [0.5, 0.6) is 0 Å². The van der Waals surface area contributed by atoms with Crippen molar-refractivity contribution in [3.05, 3.63) is 15.8 Å². The van der Waals surface area contributed by atoms with Crippen molar-refractivity contribution in [2.75, 3.05) is 18.0 Å². The Bertz CT molecular complexity index is 469. The van der Waals surface area contributed by atoms with Crippen molar-refractivity contribution in [3.63, 3.8) is 0 Å². The molecule has 1 saturated heterocycles. The number of anilines is 1. The summed E-state index contributed by atoms with van der Waals surface area (Å²) in [7, 11) is 1.64. The highest BCUT2D eigenvalue weighted by Gasteiger charge is 2.38. The summed E-state index contributed by atoms with van der Waals surface area (Å²) in [5.74, 6) is 0.397. The van der Waals surface area contributed by atoms with E-state index < -0.39 is 10.6 Å². The number of alkyl halides is 1. The molecule has 1 aliphatic heterocycles. The molecule has 7 heteroatoms. The van der Waals surface area contributed by atoms with Gasteiger partial charge in [0, 0.05) is 20.0 Å². The van der Waals surface area contributed by atoms with Gasteiger partial charge in [-0.3, -0.25) is 10.1 Å². The second kappa shape index (κ2) is 3.68. The molecule has 1 aromatic heterocycles. The molecule has 1 atom stereocenters. The summed E-state index contributed by atoms with van der Waals surface area (Å²) < 4.78 is 15.2. The zero-order chi connectivity index (χ0) is 12.8. The molecule has 2 heterocycles. The van der Waals surface area contributed by atoms with Crippen LogP contribution >= 0.6 is 0 Å². The Labute approximate surface area is 98.2 Å². The van der Waals surface area contributed by atoms with Gasteiger partial charge in [-0.2, -0.15) is 5.10 Å². The minimum Gasteiger partial charge on any atom is -0.348 e. The Balaban J connectivity index is 2.42. The lowest BCUT2D eigenvalue weighted by atomic mass is 10.1. The quantitative estimate of drug-likeness (QED) is 0.583. The number of halogens is 1. The van der Waals surface area contributed by atoms with Gasteiger partial charge < -0.3 is 4.90 Å². The van der Waals surface area contributed by atoms with E-state index in [9.17, 15) is 14.5 Å². The summed E-state index contributed by atoms with van der Waals surface area (Å²) in [6, 6.07) is 0. The van der Waals surface area contributed by atoms with Crippen LogP contribution in [0.1, 0.15) is 19.0 Å². The van der Waals surface area contributed by atoms with E-state index in [1.54, 1.807) is 18.9 Å². The molecule has 0 saturated carbocycles. The smallest absolute Gasteiger partial charge is 0.333 e. The van der Waals surface area contributed by atoms with Crippen LogP contribution < -0.4 is 4.90 Å². The fraction of sp³-hybridized carbons (Fsp3) is 0.700. The lowest BCUT2D eigenvalue weighted by Gasteiger charge is -2.18. The first kappa shape index (κ1) is 11.8. The van der Waals surface area contributed by atoms with Crippen LogP contribution in [-0.2, 0) is 7.05 Å². The van der Waals surface area contributed by atoms with E-state index >= 15 is 0 Å². The predicted molar refractivity (Wildman–Crippen MR) is 60.9 cm³/mol. The van der Waals surface area contributed by atoms with Crippen LogP contribution in [0.4, 0.5) is 15.9 Å². The van der Waals surface area contributed by atoms with Gasteiger partial charge in [-0.25, -0.2) is 9.07 Å². The van der Waals surface area contributed by atoms with E-state index in [1.165, 1.54) is 11.6 Å². The number of nitrogens with zero attached hydrogens (tertiary/aromatic N) is 4. The normalized spacial score (nSPS) is 24.4. The molecule has 0 bridgehead atoms. The Kier molecular flexibility index (Phi) is 2.56. The Morgan fingerprint density at radius 2 is 2.24 bits per heavy atom. The summed E-state index contributed by atoms with van der Waals surface area (Å²) in [6.07, 6.45) is 0.383. The Hall–Kier alpha value is -1.66. The standard InChI is InChI=1S/C10H15FN4O2/c1-7-8(15(16)17)9(13(3)12-7)14-5-4-10(2,11)6-14/h4-6H2,1-3H3. The molecule has 1 fully saturated rings. The van der Waals surface area contributed by atoms with Crippen molar-refractivity contribution in [1.82, 2.24) is 9.78 Å². The third kappa shape index (κ3) is 1.96. The number of hydrogen-bond acceptors (Lipinski definition) is 4. The number of aryl methyl sites for hydroxylation is 2. The van der Waals surface area contributed by atoms with Gasteiger partial charge in [-0.15, -0.1) is 0 Å². The molecule has 0 radical (unpaired) electrons. The van der Waals surface area contributed by atoms with E-state index in [-0.39, 0.29) is 12.2 Å². The molecule has 1 unspecified atom stereocenters. The summed E-state index contributed by atoms with van der Waals surface area (Å²) in [4.78, 5) is 12.2. The van der Waals surface area contributed by atoms with E-state index in [0.29, 0.717) is 24.5 Å². The maximum Gasteiger partial charge on any atom is 0.333 e.